The van der Waals surface area contributed by atoms with E-state index in [2.05, 4.69) is 38.2 Å². The molecule has 0 spiro atoms. The Morgan fingerprint density at radius 2 is 1.83 bits per heavy atom. The molecule has 1 N–H and O–H groups in total. The van der Waals surface area contributed by atoms with Gasteiger partial charge in [-0.3, -0.25) is 0 Å². The summed E-state index contributed by atoms with van der Waals surface area (Å²) in [6.07, 6.45) is 3.51. The molecule has 102 valence electrons. The van der Waals surface area contributed by atoms with Gasteiger partial charge >= 0.3 is 0 Å². The van der Waals surface area contributed by atoms with Crippen LogP contribution in [0.2, 0.25) is 0 Å². The molecule has 0 bridgehead atoms. The fourth-order valence-electron chi connectivity index (χ4n) is 2.10. The number of nitrogens with one attached hydrogen (secondary N) is 1. The van der Waals surface area contributed by atoms with Crippen LogP contribution in [0.15, 0.2) is 24.3 Å². The van der Waals surface area contributed by atoms with Crippen molar-refractivity contribution < 1.29 is 4.74 Å². The number of hydrogen-bond acceptors (Lipinski definition) is 2. The van der Waals surface area contributed by atoms with Crippen molar-refractivity contribution in [1.82, 2.24) is 5.32 Å². The normalized spacial score (nSPS) is 14.2. The molecule has 0 aliphatic rings. The van der Waals surface area contributed by atoms with Crippen LogP contribution >= 0.6 is 0 Å². The van der Waals surface area contributed by atoms with E-state index < -0.39 is 0 Å². The topological polar surface area (TPSA) is 21.3 Å². The van der Waals surface area contributed by atoms with Crippen molar-refractivity contribution in [2.75, 3.05) is 13.7 Å². The van der Waals surface area contributed by atoms with Crippen molar-refractivity contribution in [3.63, 3.8) is 0 Å². The molecular formula is C16H27NO. The van der Waals surface area contributed by atoms with Gasteiger partial charge in [0.2, 0.25) is 0 Å². The lowest BCUT2D eigenvalue weighted by Gasteiger charge is -2.24. The predicted molar refractivity (Wildman–Crippen MR) is 78.2 cm³/mol. The zero-order valence-corrected chi connectivity index (χ0v) is 12.2. The van der Waals surface area contributed by atoms with Gasteiger partial charge in [0.05, 0.1) is 7.11 Å². The number of methoxy groups -OCH3 is 1. The Morgan fingerprint density at radius 3 is 2.33 bits per heavy atom. The number of benzene rings is 1. The first-order valence-corrected chi connectivity index (χ1v) is 7.07. The Kier molecular flexibility index (Phi) is 6.81. The summed E-state index contributed by atoms with van der Waals surface area (Å²) < 4.78 is 5.19. The monoisotopic (exact) mass is 249 g/mol. The molecule has 18 heavy (non-hydrogen) atoms. The molecule has 1 rings (SSSR count). The summed E-state index contributed by atoms with van der Waals surface area (Å²) in [5.41, 5.74) is 1.38. The Morgan fingerprint density at radius 1 is 1.17 bits per heavy atom. The lowest BCUT2D eigenvalue weighted by molar-refractivity contribution is 0.364. The summed E-state index contributed by atoms with van der Waals surface area (Å²) >= 11 is 0. The Bertz CT molecular complexity index is 320. The van der Waals surface area contributed by atoms with Crippen LogP contribution in [0.25, 0.3) is 0 Å². The minimum absolute atomic E-state index is 0.573. The fraction of sp³-hybridized carbons (Fsp3) is 0.625. The maximum Gasteiger partial charge on any atom is 0.118 e. The number of ether oxygens (including phenoxy) is 1. The van der Waals surface area contributed by atoms with E-state index in [1.807, 2.05) is 12.1 Å². The zero-order valence-electron chi connectivity index (χ0n) is 12.2. The van der Waals surface area contributed by atoms with Crippen LogP contribution in [0.1, 0.15) is 39.2 Å². The van der Waals surface area contributed by atoms with Gasteiger partial charge in [0.25, 0.3) is 0 Å². The van der Waals surface area contributed by atoms with Crippen molar-refractivity contribution in [2.24, 2.45) is 5.92 Å². The van der Waals surface area contributed by atoms with Crippen LogP contribution in [0.5, 0.6) is 5.75 Å². The standard InChI is InChI=1S/C16H27NO/c1-5-11-17-16(13(3)6-2)12-14-7-9-15(18-4)10-8-14/h7-10,13,16-17H,5-6,11-12H2,1-4H3. The highest BCUT2D eigenvalue weighted by Crippen LogP contribution is 2.16. The van der Waals surface area contributed by atoms with Gasteiger partial charge in [-0.15, -0.1) is 0 Å². The Balaban J connectivity index is 2.62. The molecule has 0 fully saturated rings. The predicted octanol–water partition coefficient (Wildman–Crippen LogP) is 3.65. The van der Waals surface area contributed by atoms with Crippen LogP contribution < -0.4 is 10.1 Å². The second-order valence-electron chi connectivity index (χ2n) is 5.00. The molecule has 1 aromatic rings. The summed E-state index contributed by atoms with van der Waals surface area (Å²) in [5, 5.41) is 3.67. The molecule has 0 saturated heterocycles. The first-order chi connectivity index (χ1) is 8.71. The van der Waals surface area contributed by atoms with Gasteiger partial charge in [0.1, 0.15) is 5.75 Å². The van der Waals surface area contributed by atoms with Crippen LogP contribution in [0.3, 0.4) is 0 Å². The molecule has 0 aliphatic heterocycles. The summed E-state index contributed by atoms with van der Waals surface area (Å²) in [5.74, 6) is 1.64. The van der Waals surface area contributed by atoms with Gasteiger partial charge in [-0.2, -0.15) is 0 Å². The molecule has 0 aromatic heterocycles. The molecule has 2 unspecified atom stereocenters. The second kappa shape index (κ2) is 8.15. The van der Waals surface area contributed by atoms with Crippen molar-refractivity contribution >= 4 is 0 Å². The van der Waals surface area contributed by atoms with Crippen LogP contribution in [0.4, 0.5) is 0 Å². The molecule has 2 heteroatoms. The molecule has 0 heterocycles. The molecule has 0 radical (unpaired) electrons. The molecular weight excluding hydrogens is 222 g/mol. The third-order valence-corrected chi connectivity index (χ3v) is 3.60. The minimum Gasteiger partial charge on any atom is -0.497 e. The largest absolute Gasteiger partial charge is 0.497 e. The average Bonchev–Trinajstić information content (AvgIpc) is 2.43. The highest BCUT2D eigenvalue weighted by molar-refractivity contribution is 5.27. The smallest absolute Gasteiger partial charge is 0.118 e. The van der Waals surface area contributed by atoms with Gasteiger partial charge in [-0.05, 0) is 43.0 Å². The van der Waals surface area contributed by atoms with Crippen LogP contribution in [-0.4, -0.2) is 19.7 Å². The first-order valence-electron chi connectivity index (χ1n) is 7.07. The maximum absolute atomic E-state index is 5.19. The van der Waals surface area contributed by atoms with Crippen molar-refractivity contribution in [2.45, 2.75) is 46.1 Å². The summed E-state index contributed by atoms with van der Waals surface area (Å²) in [7, 11) is 1.71. The van der Waals surface area contributed by atoms with Crippen molar-refractivity contribution in [1.29, 1.82) is 0 Å². The summed E-state index contributed by atoms with van der Waals surface area (Å²) in [6, 6.07) is 9.00. The molecule has 0 amide bonds. The molecule has 0 saturated carbocycles. The lowest BCUT2D eigenvalue weighted by atomic mass is 9.93. The van der Waals surface area contributed by atoms with E-state index >= 15 is 0 Å². The van der Waals surface area contributed by atoms with Crippen molar-refractivity contribution in [3.8, 4) is 5.75 Å². The quantitative estimate of drug-likeness (QED) is 0.759. The number of hydrogen-bond donors (Lipinski definition) is 1. The van der Waals surface area contributed by atoms with Crippen LogP contribution in [-0.2, 0) is 6.42 Å². The second-order valence-corrected chi connectivity index (χ2v) is 5.00. The fourth-order valence-corrected chi connectivity index (χ4v) is 2.10. The minimum atomic E-state index is 0.573. The maximum atomic E-state index is 5.19. The molecule has 2 atom stereocenters. The summed E-state index contributed by atoms with van der Waals surface area (Å²) in [6.45, 7) is 7.91. The van der Waals surface area contributed by atoms with E-state index in [0.29, 0.717) is 12.0 Å². The number of rotatable bonds is 8. The van der Waals surface area contributed by atoms with E-state index in [1.54, 1.807) is 7.11 Å². The van der Waals surface area contributed by atoms with Crippen molar-refractivity contribution in [3.05, 3.63) is 29.8 Å². The SMILES string of the molecule is CCCNC(Cc1ccc(OC)cc1)C(C)CC. The Hall–Kier alpha value is -1.02. The highest BCUT2D eigenvalue weighted by Gasteiger charge is 2.15. The van der Waals surface area contributed by atoms with Gasteiger partial charge < -0.3 is 10.1 Å². The summed E-state index contributed by atoms with van der Waals surface area (Å²) in [4.78, 5) is 0. The van der Waals surface area contributed by atoms with Crippen LogP contribution in [0, 0.1) is 5.92 Å². The first kappa shape index (κ1) is 15.0. The average molecular weight is 249 g/mol. The third kappa shape index (κ3) is 4.69. The third-order valence-electron chi connectivity index (χ3n) is 3.60. The highest BCUT2D eigenvalue weighted by atomic mass is 16.5. The Labute approximate surface area is 112 Å². The van der Waals surface area contributed by atoms with Gasteiger partial charge in [-0.1, -0.05) is 39.3 Å². The molecule has 1 aromatic carbocycles. The van der Waals surface area contributed by atoms with E-state index in [1.165, 1.54) is 18.4 Å². The molecule has 2 nitrogen and oxygen atoms in total. The van der Waals surface area contributed by atoms with Gasteiger partial charge in [0.15, 0.2) is 0 Å². The molecule has 0 aliphatic carbocycles. The van der Waals surface area contributed by atoms with E-state index in [4.69, 9.17) is 4.74 Å². The lowest BCUT2D eigenvalue weighted by Crippen LogP contribution is -2.37. The zero-order chi connectivity index (χ0) is 13.4. The van der Waals surface area contributed by atoms with E-state index in [0.717, 1.165) is 18.7 Å². The van der Waals surface area contributed by atoms with E-state index in [-0.39, 0.29) is 0 Å². The van der Waals surface area contributed by atoms with Gasteiger partial charge in [0, 0.05) is 6.04 Å². The van der Waals surface area contributed by atoms with Gasteiger partial charge in [-0.25, -0.2) is 0 Å². The van der Waals surface area contributed by atoms with E-state index in [9.17, 15) is 0 Å².